The van der Waals surface area contributed by atoms with Crippen LogP contribution in [0.4, 0.5) is 0 Å². The number of hydrogen-bond acceptors (Lipinski definition) is 5. The Labute approximate surface area is 420 Å². The van der Waals surface area contributed by atoms with Crippen LogP contribution in [0.15, 0.2) is 97.2 Å². The Balaban J connectivity index is 4.70. The summed E-state index contributed by atoms with van der Waals surface area (Å²) in [5.41, 5.74) is 0. The Morgan fingerprint density at radius 2 is 0.794 bits per heavy atom. The van der Waals surface area contributed by atoms with E-state index in [-0.39, 0.29) is 24.9 Å². The second-order valence-electron chi connectivity index (χ2n) is 19.0. The summed E-state index contributed by atoms with van der Waals surface area (Å²) < 4.78 is 5.94. The molecule has 390 valence electrons. The molecule has 0 heterocycles. The number of aliphatic hydroxyl groups is 2. The Kier molecular flexibility index (Phi) is 52.1. The van der Waals surface area contributed by atoms with Crippen molar-refractivity contribution in [3.8, 4) is 0 Å². The molecule has 0 bridgehead atoms. The summed E-state index contributed by atoms with van der Waals surface area (Å²) in [4.78, 5) is 26.3. The molecule has 0 saturated carbocycles. The second-order valence-corrected chi connectivity index (χ2v) is 19.0. The third-order valence-electron chi connectivity index (χ3n) is 12.4. The van der Waals surface area contributed by atoms with E-state index in [9.17, 15) is 19.8 Å². The molecule has 1 amide bonds. The number of ether oxygens (including phenoxy) is 1. The summed E-state index contributed by atoms with van der Waals surface area (Å²) >= 11 is 0. The van der Waals surface area contributed by atoms with Gasteiger partial charge in [0, 0.05) is 6.42 Å². The van der Waals surface area contributed by atoms with Crippen molar-refractivity contribution in [1.29, 1.82) is 0 Å². The first kappa shape index (κ1) is 64.8. The van der Waals surface area contributed by atoms with Crippen LogP contribution in [0.1, 0.15) is 258 Å². The molecule has 0 aliphatic heterocycles. The highest BCUT2D eigenvalue weighted by atomic mass is 16.5. The Bertz CT molecular complexity index is 1340. The van der Waals surface area contributed by atoms with E-state index in [2.05, 4.69) is 123 Å². The molecule has 3 atom stereocenters. The van der Waals surface area contributed by atoms with Crippen LogP contribution in [0, 0.1) is 0 Å². The predicted molar refractivity (Wildman–Crippen MR) is 296 cm³/mol. The number of esters is 1. The molecule has 0 saturated heterocycles. The smallest absolute Gasteiger partial charge is 0.306 e. The molecule has 3 unspecified atom stereocenters. The average molecular weight is 947 g/mol. The molecule has 6 nitrogen and oxygen atoms in total. The van der Waals surface area contributed by atoms with E-state index in [1.807, 2.05) is 0 Å². The quantitative estimate of drug-likeness (QED) is 0.0321. The van der Waals surface area contributed by atoms with Gasteiger partial charge in [-0.2, -0.15) is 0 Å². The highest BCUT2D eigenvalue weighted by Gasteiger charge is 2.24. The topological polar surface area (TPSA) is 95.9 Å². The lowest BCUT2D eigenvalue weighted by Gasteiger charge is -2.24. The third kappa shape index (κ3) is 49.2. The summed E-state index contributed by atoms with van der Waals surface area (Å²) in [6.45, 7) is 6.34. The van der Waals surface area contributed by atoms with E-state index in [0.29, 0.717) is 19.3 Å². The van der Waals surface area contributed by atoms with Crippen LogP contribution < -0.4 is 5.32 Å². The fourth-order valence-corrected chi connectivity index (χ4v) is 8.11. The lowest BCUT2D eigenvalue weighted by Crippen LogP contribution is -2.46. The van der Waals surface area contributed by atoms with Crippen LogP contribution >= 0.6 is 0 Å². The molecular formula is C62H107NO5. The fraction of sp³-hybridized carbons (Fsp3) is 0.710. The Morgan fingerprint density at radius 1 is 0.441 bits per heavy atom. The van der Waals surface area contributed by atoms with Gasteiger partial charge in [-0.3, -0.25) is 9.59 Å². The maximum Gasteiger partial charge on any atom is 0.306 e. The summed E-state index contributed by atoms with van der Waals surface area (Å²) in [5, 5.41) is 23.8. The molecule has 0 aromatic rings. The van der Waals surface area contributed by atoms with Gasteiger partial charge in [-0.05, 0) is 109 Å². The van der Waals surface area contributed by atoms with E-state index in [4.69, 9.17) is 4.74 Å². The zero-order chi connectivity index (χ0) is 49.5. The minimum Gasteiger partial charge on any atom is -0.462 e. The number of allylic oxidation sites excluding steroid dienone is 16. The monoisotopic (exact) mass is 946 g/mol. The number of carbonyl (C=O) groups is 2. The molecule has 0 radical (unpaired) electrons. The zero-order valence-electron chi connectivity index (χ0n) is 44.5. The van der Waals surface area contributed by atoms with Gasteiger partial charge in [0.05, 0.1) is 25.2 Å². The van der Waals surface area contributed by atoms with E-state index in [0.717, 1.165) is 122 Å². The van der Waals surface area contributed by atoms with E-state index in [1.54, 1.807) is 0 Å². The number of nitrogens with one attached hydrogen (secondary N) is 1. The first-order chi connectivity index (χ1) is 33.5. The molecule has 68 heavy (non-hydrogen) atoms. The average Bonchev–Trinajstić information content (AvgIpc) is 3.33. The highest BCUT2D eigenvalue weighted by molar-refractivity contribution is 5.77. The molecule has 0 aliphatic rings. The summed E-state index contributed by atoms with van der Waals surface area (Å²) in [6, 6.07) is -0.722. The van der Waals surface area contributed by atoms with Gasteiger partial charge >= 0.3 is 5.97 Å². The van der Waals surface area contributed by atoms with Gasteiger partial charge in [-0.25, -0.2) is 0 Å². The van der Waals surface area contributed by atoms with Crippen molar-refractivity contribution in [2.75, 3.05) is 6.61 Å². The number of unbranched alkanes of at least 4 members (excludes halogenated alkanes) is 22. The van der Waals surface area contributed by atoms with Crippen LogP contribution in [-0.2, 0) is 14.3 Å². The number of aliphatic hydroxyl groups excluding tert-OH is 2. The van der Waals surface area contributed by atoms with Crippen molar-refractivity contribution in [1.82, 2.24) is 5.32 Å². The maximum atomic E-state index is 13.3. The minimum atomic E-state index is -0.806. The minimum absolute atomic E-state index is 0.0443. The van der Waals surface area contributed by atoms with Gasteiger partial charge < -0.3 is 20.3 Å². The predicted octanol–water partition coefficient (Wildman–Crippen LogP) is 17.7. The van der Waals surface area contributed by atoms with Gasteiger partial charge in [-0.15, -0.1) is 0 Å². The number of hydrogen-bond donors (Lipinski definition) is 3. The van der Waals surface area contributed by atoms with Gasteiger partial charge in [0.1, 0.15) is 6.10 Å². The number of carbonyl (C=O) groups excluding carboxylic acids is 2. The molecule has 0 aromatic heterocycles. The van der Waals surface area contributed by atoms with Crippen LogP contribution in [0.5, 0.6) is 0 Å². The summed E-state index contributed by atoms with van der Waals surface area (Å²) in [6.07, 6.45) is 73.2. The van der Waals surface area contributed by atoms with Crippen molar-refractivity contribution < 1.29 is 24.5 Å². The van der Waals surface area contributed by atoms with Crippen molar-refractivity contribution in [2.45, 2.75) is 277 Å². The third-order valence-corrected chi connectivity index (χ3v) is 12.4. The van der Waals surface area contributed by atoms with Gasteiger partial charge in [0.2, 0.25) is 5.91 Å². The first-order valence-corrected chi connectivity index (χ1v) is 28.5. The molecule has 3 N–H and O–H groups in total. The van der Waals surface area contributed by atoms with Crippen LogP contribution in [0.2, 0.25) is 0 Å². The van der Waals surface area contributed by atoms with Crippen LogP contribution in [0.25, 0.3) is 0 Å². The van der Waals surface area contributed by atoms with Gasteiger partial charge in [0.15, 0.2) is 0 Å². The highest BCUT2D eigenvalue weighted by Crippen LogP contribution is 2.17. The van der Waals surface area contributed by atoms with E-state index < -0.39 is 18.2 Å². The Morgan fingerprint density at radius 3 is 1.24 bits per heavy atom. The largest absolute Gasteiger partial charge is 0.462 e. The first-order valence-electron chi connectivity index (χ1n) is 28.5. The zero-order valence-corrected chi connectivity index (χ0v) is 44.5. The molecule has 0 aromatic carbocycles. The Hall–Kier alpha value is -3.22. The van der Waals surface area contributed by atoms with Crippen molar-refractivity contribution in [3.05, 3.63) is 97.2 Å². The lowest BCUT2D eigenvalue weighted by atomic mass is 10.0. The van der Waals surface area contributed by atoms with Crippen molar-refractivity contribution in [2.24, 2.45) is 0 Å². The molecule has 0 aliphatic carbocycles. The molecule has 0 rings (SSSR count). The SMILES string of the molecule is CC/C=C\C/C=C\C/C=C\C/C=C\C/C=C\CCCCCC(=O)OC(CCCCCC/C=C\C/C=C\C/C=C\CCCCC)CC(=O)NC(CO)C(O)CCCCCCCCCCCCCCC. The molecular weight excluding hydrogens is 839 g/mol. The lowest BCUT2D eigenvalue weighted by molar-refractivity contribution is -0.151. The second kappa shape index (κ2) is 54.7. The normalized spacial score (nSPS) is 13.9. The van der Waals surface area contributed by atoms with Crippen molar-refractivity contribution >= 4 is 11.9 Å². The molecule has 0 spiro atoms. The van der Waals surface area contributed by atoms with E-state index >= 15 is 0 Å². The van der Waals surface area contributed by atoms with Crippen LogP contribution in [-0.4, -0.2) is 46.9 Å². The molecule has 0 fully saturated rings. The molecule has 6 heteroatoms. The maximum absolute atomic E-state index is 13.3. The fourth-order valence-electron chi connectivity index (χ4n) is 8.11. The van der Waals surface area contributed by atoms with Crippen molar-refractivity contribution in [3.63, 3.8) is 0 Å². The number of amides is 1. The number of rotatable bonds is 50. The van der Waals surface area contributed by atoms with Gasteiger partial charge in [0.25, 0.3) is 0 Å². The summed E-state index contributed by atoms with van der Waals surface area (Å²) in [5.74, 6) is -0.536. The van der Waals surface area contributed by atoms with Crippen LogP contribution in [0.3, 0.4) is 0 Å². The summed E-state index contributed by atoms with van der Waals surface area (Å²) in [7, 11) is 0. The van der Waals surface area contributed by atoms with E-state index in [1.165, 1.54) is 89.9 Å². The van der Waals surface area contributed by atoms with Gasteiger partial charge in [-0.1, -0.05) is 234 Å². The standard InChI is InChI=1S/C62H107NO5/c1-4-7-10-13-16-19-22-25-27-29-30-32-34-37-40-43-46-49-52-55-62(67)68-58(53-50-47-44-41-38-36-33-31-28-26-23-20-17-14-11-8-5-2)56-61(66)63-59(57-64)60(65)54-51-48-45-42-39-35-24-21-18-15-12-9-6-3/h7,10,16-17,19-20,25-28,30,32-33,36-37,40,58-60,64-65H,4-6,8-9,11-15,18,21-24,29,31,34-35,38-39,41-57H2,1-3H3,(H,63,66)/b10-7-,19-16-,20-17-,27-25-,28-26-,32-30-,36-33-,40-37-.